The zero-order chi connectivity index (χ0) is 6.62. The van der Waals surface area contributed by atoms with Gasteiger partial charge in [0.2, 0.25) is 0 Å². The molecular weight excluding hydrogens is 112 g/mol. The van der Waals surface area contributed by atoms with E-state index in [1.165, 1.54) is 0 Å². The van der Waals surface area contributed by atoms with Gasteiger partial charge in [-0.15, -0.1) is 0 Å². The van der Waals surface area contributed by atoms with E-state index in [1.54, 1.807) is 0 Å². The summed E-state index contributed by atoms with van der Waals surface area (Å²) in [5, 5.41) is 24.6. The predicted molar refractivity (Wildman–Crippen MR) is 25.6 cm³/mol. The van der Waals surface area contributed by atoms with Gasteiger partial charge in [0.1, 0.15) is 0 Å². The molecule has 0 unspecified atom stereocenters. The first kappa shape index (κ1) is 7.84. The summed E-state index contributed by atoms with van der Waals surface area (Å²) < 4.78 is 4.13. The number of aliphatic hydroxyl groups is 3. The van der Waals surface area contributed by atoms with E-state index in [-0.39, 0.29) is 13.2 Å². The predicted octanol–water partition coefficient (Wildman–Crippen LogP) is -1.53. The van der Waals surface area contributed by atoms with Gasteiger partial charge in [0.25, 0.3) is 5.97 Å². The first-order valence-corrected chi connectivity index (χ1v) is 2.11. The van der Waals surface area contributed by atoms with Gasteiger partial charge < -0.3 is 20.1 Å². The Bertz CT molecular complexity index is 55.5. The Labute approximate surface area is 47.3 Å². The number of rotatable bonds is 3. The summed E-state index contributed by atoms with van der Waals surface area (Å²) in [5.74, 6) is -2.36. The van der Waals surface area contributed by atoms with Gasteiger partial charge >= 0.3 is 0 Å². The molecule has 0 saturated carbocycles. The van der Waals surface area contributed by atoms with Gasteiger partial charge in [-0.1, -0.05) is 0 Å². The van der Waals surface area contributed by atoms with Crippen LogP contribution in [-0.4, -0.2) is 34.5 Å². The number of aliphatic hydroxyl groups excluding tert-OH is 1. The molecule has 0 heterocycles. The van der Waals surface area contributed by atoms with Gasteiger partial charge in [-0.2, -0.15) is 0 Å². The molecule has 0 spiro atoms. The van der Waals surface area contributed by atoms with Gasteiger partial charge in [-0.3, -0.25) is 0 Å². The van der Waals surface area contributed by atoms with E-state index in [1.807, 2.05) is 0 Å². The highest BCUT2D eigenvalue weighted by Crippen LogP contribution is 1.95. The molecule has 0 aromatic heterocycles. The average Bonchev–Trinajstić information content (AvgIpc) is 1.59. The Morgan fingerprint density at radius 1 is 1.50 bits per heavy atom. The molecule has 49 valence electrons. The van der Waals surface area contributed by atoms with Crippen molar-refractivity contribution in [3.05, 3.63) is 6.92 Å². The Morgan fingerprint density at radius 2 is 2.00 bits per heavy atom. The quantitative estimate of drug-likeness (QED) is 0.396. The summed E-state index contributed by atoms with van der Waals surface area (Å²) in [6.45, 7) is 2.41. The Kier molecular flexibility index (Phi) is 2.93. The summed E-state index contributed by atoms with van der Waals surface area (Å²) >= 11 is 0. The normalized spacial score (nSPS) is 12.0. The van der Waals surface area contributed by atoms with Crippen LogP contribution < -0.4 is 0 Å². The maximum absolute atomic E-state index is 8.26. The molecule has 3 N–H and O–H groups in total. The molecule has 0 aromatic rings. The number of hydrogen-bond donors (Lipinski definition) is 3. The summed E-state index contributed by atoms with van der Waals surface area (Å²) in [7, 11) is 0. The highest BCUT2D eigenvalue weighted by atomic mass is 16.8. The molecule has 0 aromatic carbocycles. The third-order valence-corrected chi connectivity index (χ3v) is 0.425. The first-order valence-electron chi connectivity index (χ1n) is 2.11. The second-order valence-corrected chi connectivity index (χ2v) is 1.32. The van der Waals surface area contributed by atoms with Gasteiger partial charge in [-0.25, -0.2) is 0 Å². The van der Waals surface area contributed by atoms with Gasteiger partial charge in [0.15, 0.2) is 0 Å². The topological polar surface area (TPSA) is 69.9 Å². The van der Waals surface area contributed by atoms with Crippen LogP contribution in [0.5, 0.6) is 0 Å². The minimum atomic E-state index is -2.36. The minimum Gasteiger partial charge on any atom is -0.394 e. The maximum atomic E-state index is 8.26. The van der Waals surface area contributed by atoms with Crippen molar-refractivity contribution in [3.63, 3.8) is 0 Å². The molecule has 0 saturated heterocycles. The van der Waals surface area contributed by atoms with Crippen molar-refractivity contribution in [1.29, 1.82) is 0 Å². The van der Waals surface area contributed by atoms with Crippen molar-refractivity contribution in [2.45, 2.75) is 5.97 Å². The van der Waals surface area contributed by atoms with Crippen molar-refractivity contribution < 1.29 is 20.1 Å². The highest BCUT2D eigenvalue weighted by Gasteiger charge is 2.13. The molecule has 0 bridgehead atoms. The number of ether oxygens (including phenoxy) is 1. The molecule has 0 amide bonds. The first-order chi connectivity index (χ1) is 3.56. The van der Waals surface area contributed by atoms with E-state index in [0.717, 1.165) is 0 Å². The number of hydrogen-bond acceptors (Lipinski definition) is 4. The maximum Gasteiger partial charge on any atom is 0.278 e. The van der Waals surface area contributed by atoms with Crippen molar-refractivity contribution >= 4 is 0 Å². The van der Waals surface area contributed by atoms with Crippen LogP contribution in [0.15, 0.2) is 0 Å². The van der Waals surface area contributed by atoms with Crippen LogP contribution in [0.4, 0.5) is 0 Å². The van der Waals surface area contributed by atoms with Crippen LogP contribution in [0.1, 0.15) is 0 Å². The lowest BCUT2D eigenvalue weighted by atomic mass is 10.6. The van der Waals surface area contributed by atoms with E-state index < -0.39 is 5.97 Å². The summed E-state index contributed by atoms with van der Waals surface area (Å²) in [4.78, 5) is 0. The third-order valence-electron chi connectivity index (χ3n) is 0.425. The second-order valence-electron chi connectivity index (χ2n) is 1.32. The molecular formula is C4H9O4. The van der Waals surface area contributed by atoms with Crippen molar-refractivity contribution in [2.24, 2.45) is 0 Å². The SMILES string of the molecule is [CH2]C(O)(O)OCCO. The lowest BCUT2D eigenvalue weighted by Gasteiger charge is -2.14. The Hall–Kier alpha value is -0.160. The summed E-state index contributed by atoms with van der Waals surface area (Å²) in [6, 6.07) is 0. The van der Waals surface area contributed by atoms with Crippen LogP contribution in [0.2, 0.25) is 0 Å². The Balaban J connectivity index is 3.11. The molecule has 0 fully saturated rings. The zero-order valence-electron chi connectivity index (χ0n) is 4.37. The smallest absolute Gasteiger partial charge is 0.278 e. The van der Waals surface area contributed by atoms with E-state index in [9.17, 15) is 0 Å². The molecule has 4 nitrogen and oxygen atoms in total. The Morgan fingerprint density at radius 3 is 2.12 bits per heavy atom. The minimum absolute atomic E-state index is 0.128. The van der Waals surface area contributed by atoms with E-state index in [0.29, 0.717) is 0 Å². The van der Waals surface area contributed by atoms with Gasteiger partial charge in [-0.05, 0) is 0 Å². The molecule has 4 heteroatoms. The molecule has 0 aliphatic heterocycles. The second kappa shape index (κ2) is 2.99. The molecule has 8 heavy (non-hydrogen) atoms. The van der Waals surface area contributed by atoms with Crippen molar-refractivity contribution in [1.82, 2.24) is 0 Å². The molecule has 0 aliphatic carbocycles. The van der Waals surface area contributed by atoms with Crippen LogP contribution in [0, 0.1) is 6.92 Å². The average molecular weight is 121 g/mol. The van der Waals surface area contributed by atoms with Crippen LogP contribution in [-0.2, 0) is 4.74 Å². The van der Waals surface area contributed by atoms with Crippen molar-refractivity contribution in [2.75, 3.05) is 13.2 Å². The lowest BCUT2D eigenvalue weighted by molar-refractivity contribution is -0.307. The van der Waals surface area contributed by atoms with E-state index in [4.69, 9.17) is 15.3 Å². The largest absolute Gasteiger partial charge is 0.394 e. The molecule has 1 radical (unpaired) electrons. The van der Waals surface area contributed by atoms with Crippen molar-refractivity contribution in [3.8, 4) is 0 Å². The fourth-order valence-corrected chi connectivity index (χ4v) is 0.209. The van der Waals surface area contributed by atoms with E-state index >= 15 is 0 Å². The molecule has 0 aliphatic rings. The summed E-state index contributed by atoms with van der Waals surface area (Å²) in [6.07, 6.45) is 0. The lowest BCUT2D eigenvalue weighted by Crippen LogP contribution is -2.28. The van der Waals surface area contributed by atoms with E-state index in [2.05, 4.69) is 11.7 Å². The van der Waals surface area contributed by atoms with Gasteiger partial charge in [0, 0.05) is 6.92 Å². The highest BCUT2D eigenvalue weighted by molar-refractivity contribution is 4.49. The fraction of sp³-hybridized carbons (Fsp3) is 0.750. The van der Waals surface area contributed by atoms with Gasteiger partial charge in [0.05, 0.1) is 13.2 Å². The zero-order valence-corrected chi connectivity index (χ0v) is 4.37. The summed E-state index contributed by atoms with van der Waals surface area (Å²) in [5.41, 5.74) is 0. The monoisotopic (exact) mass is 121 g/mol. The van der Waals surface area contributed by atoms with Crippen LogP contribution in [0.3, 0.4) is 0 Å². The van der Waals surface area contributed by atoms with Crippen LogP contribution >= 0.6 is 0 Å². The van der Waals surface area contributed by atoms with Crippen LogP contribution in [0.25, 0.3) is 0 Å². The standard InChI is InChI=1S/C4H9O4/c1-4(6,7)8-3-2-5/h5-7H,1-3H2. The molecule has 0 atom stereocenters. The third kappa shape index (κ3) is 5.84. The molecule has 0 rings (SSSR count). The fourth-order valence-electron chi connectivity index (χ4n) is 0.209.